The molecule has 0 aliphatic heterocycles. The summed E-state index contributed by atoms with van der Waals surface area (Å²) in [4.78, 5) is 3.29. The highest BCUT2D eigenvalue weighted by Crippen LogP contribution is 2.29. The molecule has 0 aliphatic carbocycles. The molecule has 108 valence electrons. The molecule has 1 rings (SSSR count). The molecule has 0 spiro atoms. The van der Waals surface area contributed by atoms with Crippen LogP contribution in [0, 0.1) is 0 Å². The average molecular weight is 336 g/mol. The van der Waals surface area contributed by atoms with Crippen molar-refractivity contribution >= 4 is 39.2 Å². The number of thioether (sulfide) groups is 1. The number of nitrogens with one attached hydrogen (secondary N) is 1. The molecule has 0 aromatic carbocycles. The van der Waals surface area contributed by atoms with Gasteiger partial charge in [-0.1, -0.05) is 11.6 Å². The average Bonchev–Trinajstić information content (AvgIpc) is 2.27. The van der Waals surface area contributed by atoms with E-state index in [0.717, 1.165) is 12.3 Å². The number of hydrogen-bond acceptors (Lipinski definition) is 5. The molecule has 0 radical (unpaired) electrons. The van der Waals surface area contributed by atoms with E-state index in [1.807, 2.05) is 4.72 Å². The Balaban J connectivity index is 2.63. The minimum absolute atomic E-state index is 0.0340. The number of aromatic nitrogens is 1. The first-order chi connectivity index (χ1) is 8.62. The molecule has 5 nitrogen and oxygen atoms in total. The molecule has 0 atom stereocenters. The maximum Gasteiger partial charge on any atom is 0.441 e. The van der Waals surface area contributed by atoms with Crippen molar-refractivity contribution in [2.24, 2.45) is 0 Å². The fraction of sp³-hybridized carbons (Fsp3) is 0.375. The molecule has 19 heavy (non-hydrogen) atoms. The van der Waals surface area contributed by atoms with Gasteiger partial charge in [-0.2, -0.15) is 13.2 Å². The number of nitrogens with zero attached hydrogens (tertiary/aromatic N) is 1. The Kier molecular flexibility index (Phi) is 5.30. The second kappa shape index (κ2) is 6.16. The molecule has 11 heteroatoms. The number of halogens is 4. The lowest BCUT2D eigenvalue weighted by atomic mass is 10.5. The van der Waals surface area contributed by atoms with Gasteiger partial charge in [0.2, 0.25) is 10.0 Å². The second-order valence-electron chi connectivity index (χ2n) is 3.23. The Morgan fingerprint density at radius 2 is 2.11 bits per heavy atom. The van der Waals surface area contributed by atoms with E-state index in [2.05, 4.69) is 4.98 Å². The molecule has 0 fully saturated rings. The molecule has 1 aromatic heterocycles. The van der Waals surface area contributed by atoms with Gasteiger partial charge in [-0.3, -0.25) is 0 Å². The minimum atomic E-state index is -4.39. The fourth-order valence-corrected chi connectivity index (χ4v) is 2.80. The normalized spacial score (nSPS) is 12.6. The summed E-state index contributed by atoms with van der Waals surface area (Å²) in [5.41, 5.74) is 0.924. The first kappa shape index (κ1) is 16.3. The highest BCUT2D eigenvalue weighted by Gasteiger charge is 2.27. The Labute approximate surface area is 116 Å². The zero-order valence-corrected chi connectivity index (χ0v) is 11.6. The van der Waals surface area contributed by atoms with E-state index >= 15 is 0 Å². The Bertz CT molecular complexity index is 551. The van der Waals surface area contributed by atoms with Crippen molar-refractivity contribution in [3.05, 3.63) is 17.3 Å². The van der Waals surface area contributed by atoms with Crippen LogP contribution in [0.5, 0.6) is 0 Å². The van der Waals surface area contributed by atoms with Gasteiger partial charge >= 0.3 is 5.51 Å². The summed E-state index contributed by atoms with van der Waals surface area (Å²) in [5.74, 6) is -0.466. The van der Waals surface area contributed by atoms with Crippen molar-refractivity contribution in [2.75, 3.05) is 18.0 Å². The van der Waals surface area contributed by atoms with Crippen LogP contribution in [-0.2, 0) is 10.0 Å². The molecule has 0 unspecified atom stereocenters. The zero-order valence-electron chi connectivity index (χ0n) is 9.24. The van der Waals surface area contributed by atoms with Crippen LogP contribution in [0.2, 0.25) is 5.02 Å². The van der Waals surface area contributed by atoms with Gasteiger partial charge in [0, 0.05) is 18.5 Å². The highest BCUT2D eigenvalue weighted by atomic mass is 35.5. The van der Waals surface area contributed by atoms with Crippen LogP contribution in [0.4, 0.5) is 19.0 Å². The quantitative estimate of drug-likeness (QED) is 0.802. The Morgan fingerprint density at radius 3 is 2.63 bits per heavy atom. The van der Waals surface area contributed by atoms with Gasteiger partial charge in [-0.25, -0.2) is 18.1 Å². The lowest BCUT2D eigenvalue weighted by Gasteiger charge is -2.08. The standard InChI is InChI=1S/C8H9ClF3N3O2S2/c9-6-3-5(4-14-7(6)13)19(16,17)15-1-2-18-8(10,11)12/h3-4,15H,1-2H2,(H2,13,14). The lowest BCUT2D eigenvalue weighted by Crippen LogP contribution is -2.27. The number of rotatable bonds is 5. The van der Waals surface area contributed by atoms with Crippen LogP contribution < -0.4 is 10.5 Å². The van der Waals surface area contributed by atoms with Gasteiger partial charge in [-0.05, 0) is 17.8 Å². The number of nitrogen functional groups attached to an aromatic ring is 1. The number of anilines is 1. The summed E-state index contributed by atoms with van der Waals surface area (Å²) in [7, 11) is -3.95. The van der Waals surface area contributed by atoms with Crippen molar-refractivity contribution in [1.29, 1.82) is 0 Å². The molecule has 0 amide bonds. The van der Waals surface area contributed by atoms with Crippen molar-refractivity contribution in [2.45, 2.75) is 10.4 Å². The molecule has 1 heterocycles. The van der Waals surface area contributed by atoms with Gasteiger partial charge in [0.1, 0.15) is 10.7 Å². The largest absolute Gasteiger partial charge is 0.441 e. The fourth-order valence-electron chi connectivity index (χ4n) is 1.00. The van der Waals surface area contributed by atoms with Crippen LogP contribution in [0.1, 0.15) is 0 Å². The second-order valence-corrected chi connectivity index (χ2v) is 6.56. The topological polar surface area (TPSA) is 85.1 Å². The molecular formula is C8H9ClF3N3O2S2. The smallest absolute Gasteiger partial charge is 0.382 e. The summed E-state index contributed by atoms with van der Waals surface area (Å²) in [6, 6.07) is 1.07. The number of hydrogen-bond donors (Lipinski definition) is 2. The molecule has 0 aliphatic rings. The van der Waals surface area contributed by atoms with E-state index in [9.17, 15) is 21.6 Å². The molecule has 0 bridgehead atoms. The molecule has 0 saturated carbocycles. The van der Waals surface area contributed by atoms with Crippen LogP contribution in [0.25, 0.3) is 0 Å². The summed E-state index contributed by atoms with van der Waals surface area (Å²) in [6.07, 6.45) is 0.973. The van der Waals surface area contributed by atoms with Crippen molar-refractivity contribution < 1.29 is 21.6 Å². The van der Waals surface area contributed by atoms with Crippen LogP contribution in [0.15, 0.2) is 17.2 Å². The first-order valence-electron chi connectivity index (χ1n) is 4.73. The third-order valence-electron chi connectivity index (χ3n) is 1.81. The minimum Gasteiger partial charge on any atom is -0.382 e. The predicted molar refractivity (Wildman–Crippen MR) is 67.4 cm³/mol. The SMILES string of the molecule is Nc1ncc(S(=O)(=O)NCCSC(F)(F)F)cc1Cl. The van der Waals surface area contributed by atoms with Crippen molar-refractivity contribution in [3.8, 4) is 0 Å². The first-order valence-corrected chi connectivity index (χ1v) is 7.58. The monoisotopic (exact) mass is 335 g/mol. The van der Waals surface area contributed by atoms with Gasteiger partial charge in [0.15, 0.2) is 0 Å². The molecule has 3 N–H and O–H groups in total. The van der Waals surface area contributed by atoms with E-state index in [4.69, 9.17) is 17.3 Å². The van der Waals surface area contributed by atoms with E-state index < -0.39 is 21.3 Å². The number of nitrogens with two attached hydrogens (primary N) is 1. The van der Waals surface area contributed by atoms with Gasteiger partial charge in [0.05, 0.1) is 5.02 Å². The Morgan fingerprint density at radius 1 is 1.47 bits per heavy atom. The molecule has 1 aromatic rings. The van der Waals surface area contributed by atoms with Gasteiger partial charge in [-0.15, -0.1) is 0 Å². The summed E-state index contributed by atoms with van der Waals surface area (Å²) < 4.78 is 60.9. The van der Waals surface area contributed by atoms with E-state index in [1.165, 1.54) is 0 Å². The predicted octanol–water partition coefficient (Wildman–Crippen LogP) is 1.85. The van der Waals surface area contributed by atoms with Crippen LogP contribution >= 0.6 is 23.4 Å². The third kappa shape index (κ3) is 5.43. The number of alkyl halides is 3. The van der Waals surface area contributed by atoms with Gasteiger partial charge < -0.3 is 5.73 Å². The highest BCUT2D eigenvalue weighted by molar-refractivity contribution is 8.00. The summed E-state index contributed by atoms with van der Waals surface area (Å²) in [6.45, 7) is -0.367. The summed E-state index contributed by atoms with van der Waals surface area (Å²) >= 11 is 5.29. The number of pyridine rings is 1. The molecule has 0 saturated heterocycles. The third-order valence-corrected chi connectivity index (χ3v) is 4.28. The van der Waals surface area contributed by atoms with E-state index in [-0.39, 0.29) is 34.0 Å². The molecular weight excluding hydrogens is 327 g/mol. The van der Waals surface area contributed by atoms with Gasteiger partial charge in [0.25, 0.3) is 0 Å². The maximum atomic E-state index is 11.8. The van der Waals surface area contributed by atoms with Crippen LogP contribution in [-0.4, -0.2) is 31.2 Å². The van der Waals surface area contributed by atoms with Crippen molar-refractivity contribution in [3.63, 3.8) is 0 Å². The Hall–Kier alpha value is -0.710. The maximum absolute atomic E-state index is 11.8. The summed E-state index contributed by atoms with van der Waals surface area (Å²) in [5, 5.41) is -0.0486. The van der Waals surface area contributed by atoms with E-state index in [1.54, 1.807) is 0 Å². The van der Waals surface area contributed by atoms with Crippen molar-refractivity contribution in [1.82, 2.24) is 9.71 Å². The van der Waals surface area contributed by atoms with E-state index in [0.29, 0.717) is 0 Å². The lowest BCUT2D eigenvalue weighted by molar-refractivity contribution is -0.0327. The zero-order chi connectivity index (χ0) is 14.7. The van der Waals surface area contributed by atoms with Crippen LogP contribution in [0.3, 0.4) is 0 Å². The number of sulfonamides is 1.